The van der Waals surface area contributed by atoms with Crippen molar-refractivity contribution in [3.63, 3.8) is 0 Å². The van der Waals surface area contributed by atoms with Crippen molar-refractivity contribution in [1.29, 1.82) is 0 Å². The minimum absolute atomic E-state index is 0.163. The van der Waals surface area contributed by atoms with Gasteiger partial charge in [-0.2, -0.15) is 0 Å². The van der Waals surface area contributed by atoms with Crippen molar-refractivity contribution < 1.29 is 14.3 Å². The van der Waals surface area contributed by atoms with Crippen molar-refractivity contribution >= 4 is 17.7 Å². The average Bonchev–Trinajstić information content (AvgIpc) is 2.63. The predicted molar refractivity (Wildman–Crippen MR) is 112 cm³/mol. The molecule has 0 aliphatic heterocycles. The molecule has 0 fully saturated rings. The average molecular weight is 367 g/mol. The molecule has 4 heteroatoms. The van der Waals surface area contributed by atoms with E-state index < -0.39 is 0 Å². The van der Waals surface area contributed by atoms with Crippen LogP contribution in [-0.2, 0) is 4.79 Å². The Morgan fingerprint density at radius 1 is 1.11 bits per heavy atom. The van der Waals surface area contributed by atoms with E-state index in [0.29, 0.717) is 18.3 Å². The van der Waals surface area contributed by atoms with Crippen molar-refractivity contribution in [2.75, 3.05) is 19.0 Å². The van der Waals surface area contributed by atoms with Gasteiger partial charge in [-0.15, -0.1) is 0 Å². The lowest BCUT2D eigenvalue weighted by molar-refractivity contribution is -0.111. The molecule has 0 heterocycles. The van der Waals surface area contributed by atoms with Crippen LogP contribution < -0.4 is 14.8 Å². The van der Waals surface area contributed by atoms with Crippen molar-refractivity contribution in [3.05, 3.63) is 59.2 Å². The van der Waals surface area contributed by atoms with Gasteiger partial charge in [-0.1, -0.05) is 38.1 Å². The number of anilines is 1. The Kier molecular flexibility index (Phi) is 7.47. The third kappa shape index (κ3) is 6.17. The highest BCUT2D eigenvalue weighted by atomic mass is 16.5. The molecule has 0 radical (unpaired) electrons. The Bertz CT molecular complexity index is 789. The molecule has 0 atom stereocenters. The largest absolute Gasteiger partial charge is 0.493 e. The maximum atomic E-state index is 12.3. The first-order valence-corrected chi connectivity index (χ1v) is 9.26. The molecule has 4 nitrogen and oxygen atoms in total. The van der Waals surface area contributed by atoms with Crippen LogP contribution >= 0.6 is 0 Å². The molecule has 2 rings (SSSR count). The summed E-state index contributed by atoms with van der Waals surface area (Å²) in [6.45, 7) is 8.95. The molecule has 0 aliphatic carbocycles. The number of aryl methyl sites for hydroxylation is 2. The monoisotopic (exact) mass is 367 g/mol. The summed E-state index contributed by atoms with van der Waals surface area (Å²) in [6.07, 6.45) is 4.28. The van der Waals surface area contributed by atoms with Crippen LogP contribution in [0.15, 0.2) is 42.5 Å². The quantitative estimate of drug-likeness (QED) is 0.637. The highest BCUT2D eigenvalue weighted by Gasteiger charge is 2.07. The van der Waals surface area contributed by atoms with E-state index in [-0.39, 0.29) is 5.91 Å². The van der Waals surface area contributed by atoms with Crippen molar-refractivity contribution in [2.24, 2.45) is 5.92 Å². The maximum absolute atomic E-state index is 12.3. The van der Waals surface area contributed by atoms with Crippen LogP contribution in [-0.4, -0.2) is 19.6 Å². The fraction of sp³-hybridized carbons (Fsp3) is 0.348. The normalized spacial score (nSPS) is 11.0. The molecule has 1 amide bonds. The van der Waals surface area contributed by atoms with Crippen molar-refractivity contribution in [1.82, 2.24) is 0 Å². The number of ether oxygens (including phenoxy) is 2. The summed E-state index contributed by atoms with van der Waals surface area (Å²) in [5.41, 5.74) is 3.82. The van der Waals surface area contributed by atoms with Crippen LogP contribution in [0.5, 0.6) is 11.5 Å². The van der Waals surface area contributed by atoms with Crippen LogP contribution in [0, 0.1) is 19.8 Å². The number of carbonyl (C=O) groups excluding carboxylic acids is 1. The zero-order valence-corrected chi connectivity index (χ0v) is 16.8. The number of benzene rings is 2. The van der Waals surface area contributed by atoms with Crippen molar-refractivity contribution in [3.8, 4) is 11.5 Å². The van der Waals surface area contributed by atoms with Crippen LogP contribution in [0.4, 0.5) is 5.69 Å². The van der Waals surface area contributed by atoms with Gasteiger partial charge in [-0.25, -0.2) is 0 Å². The molecule has 27 heavy (non-hydrogen) atoms. The number of nitrogens with one attached hydrogen (secondary N) is 1. The summed E-state index contributed by atoms with van der Waals surface area (Å²) in [5.74, 6) is 1.81. The first-order chi connectivity index (χ1) is 12.9. The molecule has 2 aromatic rings. The Morgan fingerprint density at radius 3 is 2.44 bits per heavy atom. The third-order valence-corrected chi connectivity index (χ3v) is 4.30. The summed E-state index contributed by atoms with van der Waals surface area (Å²) < 4.78 is 11.2. The summed E-state index contributed by atoms with van der Waals surface area (Å²) in [6, 6.07) is 11.6. The van der Waals surface area contributed by atoms with Gasteiger partial charge in [0.25, 0.3) is 0 Å². The minimum Gasteiger partial charge on any atom is -0.493 e. The molecule has 144 valence electrons. The van der Waals surface area contributed by atoms with E-state index in [2.05, 4.69) is 19.2 Å². The molecular weight excluding hydrogens is 338 g/mol. The van der Waals surface area contributed by atoms with Gasteiger partial charge in [0.05, 0.1) is 13.7 Å². The molecule has 0 bridgehead atoms. The number of rotatable bonds is 8. The van der Waals surface area contributed by atoms with Gasteiger partial charge in [0.15, 0.2) is 11.5 Å². The second-order valence-electron chi connectivity index (χ2n) is 7.03. The molecule has 0 spiro atoms. The number of methoxy groups -OCH3 is 1. The van der Waals surface area contributed by atoms with Gasteiger partial charge in [0, 0.05) is 11.8 Å². The lowest BCUT2D eigenvalue weighted by Crippen LogP contribution is -2.10. The number of amides is 1. The topological polar surface area (TPSA) is 47.6 Å². The molecule has 0 aliphatic rings. The van der Waals surface area contributed by atoms with Gasteiger partial charge in [0.1, 0.15) is 0 Å². The Balaban J connectivity index is 2.04. The van der Waals surface area contributed by atoms with Crippen molar-refractivity contribution in [2.45, 2.75) is 34.1 Å². The third-order valence-electron chi connectivity index (χ3n) is 4.30. The number of carbonyl (C=O) groups is 1. The van der Waals surface area contributed by atoms with Gasteiger partial charge < -0.3 is 14.8 Å². The minimum atomic E-state index is -0.163. The van der Waals surface area contributed by atoms with E-state index >= 15 is 0 Å². The predicted octanol–water partition coefficient (Wildman–Crippen LogP) is 5.39. The van der Waals surface area contributed by atoms with E-state index in [9.17, 15) is 4.79 Å². The van der Waals surface area contributed by atoms with Crippen LogP contribution in [0.3, 0.4) is 0 Å². The maximum Gasteiger partial charge on any atom is 0.248 e. The Morgan fingerprint density at radius 2 is 1.81 bits per heavy atom. The summed E-state index contributed by atoms with van der Waals surface area (Å²) >= 11 is 0. The standard InChI is InChI=1S/C23H29NO3/c1-16(2)13-14-27-20-11-9-19(15-21(20)26-5)10-12-22(25)24-23-17(3)7-6-8-18(23)4/h6-12,15-16H,13-14H2,1-5H3,(H,24,25). The van der Waals surface area contributed by atoms with Gasteiger partial charge in [-0.05, 0) is 61.1 Å². The summed E-state index contributed by atoms with van der Waals surface area (Å²) in [5, 5.41) is 2.95. The van der Waals surface area contributed by atoms with Gasteiger partial charge >= 0.3 is 0 Å². The van der Waals surface area contributed by atoms with Crippen LogP contribution in [0.1, 0.15) is 37.0 Å². The second-order valence-corrected chi connectivity index (χ2v) is 7.03. The number of hydrogen-bond acceptors (Lipinski definition) is 3. The van der Waals surface area contributed by atoms with Crippen LogP contribution in [0.25, 0.3) is 6.08 Å². The highest BCUT2D eigenvalue weighted by molar-refractivity contribution is 6.02. The molecule has 0 saturated carbocycles. The first kappa shape index (κ1) is 20.6. The highest BCUT2D eigenvalue weighted by Crippen LogP contribution is 2.29. The SMILES string of the molecule is COc1cc(C=CC(=O)Nc2c(C)cccc2C)ccc1OCCC(C)C. The lowest BCUT2D eigenvalue weighted by atomic mass is 10.1. The molecule has 0 unspecified atom stereocenters. The fourth-order valence-electron chi connectivity index (χ4n) is 2.66. The fourth-order valence-corrected chi connectivity index (χ4v) is 2.66. The Hall–Kier alpha value is -2.75. The van der Waals surface area contributed by atoms with Gasteiger partial charge in [-0.3, -0.25) is 4.79 Å². The smallest absolute Gasteiger partial charge is 0.248 e. The molecule has 0 aromatic heterocycles. The van der Waals surface area contributed by atoms with E-state index in [1.54, 1.807) is 13.2 Å². The molecule has 2 aromatic carbocycles. The van der Waals surface area contributed by atoms with E-state index in [1.807, 2.05) is 50.2 Å². The van der Waals surface area contributed by atoms with E-state index in [0.717, 1.165) is 34.5 Å². The number of para-hydroxylation sites is 1. The first-order valence-electron chi connectivity index (χ1n) is 9.26. The number of hydrogen-bond donors (Lipinski definition) is 1. The molecule has 0 saturated heterocycles. The lowest BCUT2D eigenvalue weighted by Gasteiger charge is -2.12. The van der Waals surface area contributed by atoms with Crippen LogP contribution in [0.2, 0.25) is 0 Å². The zero-order valence-electron chi connectivity index (χ0n) is 16.8. The zero-order chi connectivity index (χ0) is 19.8. The van der Waals surface area contributed by atoms with E-state index in [1.165, 1.54) is 6.08 Å². The second kappa shape index (κ2) is 9.81. The van der Waals surface area contributed by atoms with Gasteiger partial charge in [0.2, 0.25) is 5.91 Å². The Labute approximate surface area is 162 Å². The molecular formula is C23H29NO3. The summed E-state index contributed by atoms with van der Waals surface area (Å²) in [7, 11) is 1.62. The summed E-state index contributed by atoms with van der Waals surface area (Å²) in [4.78, 5) is 12.3. The van der Waals surface area contributed by atoms with E-state index in [4.69, 9.17) is 9.47 Å². The molecule has 1 N–H and O–H groups in total.